The molecule has 10 heteroatoms. The predicted octanol–water partition coefficient (Wildman–Crippen LogP) is 0.254. The quantitative estimate of drug-likeness (QED) is 0.539. The molecule has 0 saturated heterocycles. The van der Waals surface area contributed by atoms with E-state index in [4.69, 9.17) is 0 Å². The lowest BCUT2D eigenvalue weighted by Crippen LogP contribution is -2.22. The molecule has 0 amide bonds. The van der Waals surface area contributed by atoms with Gasteiger partial charge in [-0.3, -0.25) is 19.6 Å². The number of aromatic amines is 4. The Morgan fingerprint density at radius 1 is 0.900 bits per heavy atom. The lowest BCUT2D eigenvalue weighted by molar-refractivity contribution is 1.02. The zero-order valence-electron chi connectivity index (χ0n) is 9.70. The average Bonchev–Trinajstić information content (AvgIpc) is 2.39. The van der Waals surface area contributed by atoms with Crippen molar-refractivity contribution in [1.82, 2.24) is 19.9 Å². The first-order valence-corrected chi connectivity index (χ1v) is 6.71. The highest BCUT2D eigenvalue weighted by atomic mass is 79.9. The number of rotatable bonds is 1. The molecule has 106 valence electrons. The molecule has 0 aliphatic carbocycles. The molecule has 0 unspecified atom stereocenters. The average molecular weight is 408 g/mol. The van der Waals surface area contributed by atoms with Gasteiger partial charge in [0.25, 0.3) is 11.1 Å². The maximum atomic E-state index is 10.9. The van der Waals surface area contributed by atoms with Gasteiger partial charge in [0.1, 0.15) is 0 Å². The Labute approximate surface area is 127 Å². The smallest absolute Gasteiger partial charge is 0.314 e. The van der Waals surface area contributed by atoms with Gasteiger partial charge < -0.3 is 9.97 Å². The summed E-state index contributed by atoms with van der Waals surface area (Å²) >= 11 is 5.93. The van der Waals surface area contributed by atoms with Gasteiger partial charge in [-0.05, 0) is 27.0 Å². The van der Waals surface area contributed by atoms with Crippen LogP contribution >= 0.6 is 31.9 Å². The first-order valence-electron chi connectivity index (χ1n) is 5.00. The van der Waals surface area contributed by atoms with Gasteiger partial charge in [0, 0.05) is 12.4 Å². The minimum absolute atomic E-state index is 0.321. The maximum absolute atomic E-state index is 10.9. The van der Waals surface area contributed by atoms with E-state index in [1.165, 1.54) is 23.5 Å². The highest BCUT2D eigenvalue weighted by Crippen LogP contribution is 1.93. The normalized spacial score (nSPS) is 10.1. The van der Waals surface area contributed by atoms with Crippen molar-refractivity contribution in [3.8, 4) is 0 Å². The highest BCUT2D eigenvalue weighted by Gasteiger charge is 1.92. The van der Waals surface area contributed by atoms with E-state index in [-0.39, 0.29) is 0 Å². The minimum Gasteiger partial charge on any atom is -0.314 e. The van der Waals surface area contributed by atoms with E-state index in [1.54, 1.807) is 0 Å². The van der Waals surface area contributed by atoms with Crippen LogP contribution in [0, 0.1) is 0 Å². The largest absolute Gasteiger partial charge is 0.325 e. The molecule has 0 aromatic carbocycles. The Morgan fingerprint density at radius 3 is 1.90 bits per heavy atom. The molecule has 0 radical (unpaired) electrons. The van der Waals surface area contributed by atoms with Gasteiger partial charge in [-0.15, -0.1) is 0 Å². The molecule has 2 heterocycles. The zero-order valence-corrected chi connectivity index (χ0v) is 12.9. The van der Waals surface area contributed by atoms with Crippen LogP contribution in [-0.4, -0.2) is 19.9 Å². The fourth-order valence-electron chi connectivity index (χ4n) is 1.01. The zero-order chi connectivity index (χ0) is 15.1. The van der Waals surface area contributed by atoms with Crippen LogP contribution < -0.4 is 22.5 Å². The van der Waals surface area contributed by atoms with Crippen molar-refractivity contribution in [1.29, 1.82) is 0 Å². The van der Waals surface area contributed by atoms with Crippen LogP contribution in [0.2, 0.25) is 0 Å². The van der Waals surface area contributed by atoms with E-state index in [0.717, 1.165) is 0 Å². The molecule has 2 rings (SSSR count). The van der Waals surface area contributed by atoms with Gasteiger partial charge in [0.15, 0.2) is 0 Å². The highest BCUT2D eigenvalue weighted by molar-refractivity contribution is 9.11. The van der Waals surface area contributed by atoms with Gasteiger partial charge in [0.05, 0.1) is 10.0 Å². The molecule has 0 atom stereocenters. The number of halogens is 2. The van der Waals surface area contributed by atoms with Gasteiger partial charge in [-0.25, -0.2) is 9.59 Å². The van der Waals surface area contributed by atoms with E-state index in [2.05, 4.69) is 46.8 Å². The monoisotopic (exact) mass is 406 g/mol. The summed E-state index contributed by atoms with van der Waals surface area (Å²) in [5, 5.41) is 0. The van der Waals surface area contributed by atoms with Gasteiger partial charge in [-0.2, -0.15) is 0 Å². The van der Waals surface area contributed by atoms with Crippen LogP contribution in [0.3, 0.4) is 0 Å². The summed E-state index contributed by atoms with van der Waals surface area (Å²) in [6.45, 7) is 0. The van der Waals surface area contributed by atoms with E-state index >= 15 is 0 Å². The maximum Gasteiger partial charge on any atom is 0.325 e. The lowest BCUT2D eigenvalue weighted by Gasteiger charge is -1.87. The number of hydrogen-bond donors (Lipinski definition) is 4. The second kappa shape index (κ2) is 7.60. The fourth-order valence-corrected chi connectivity index (χ4v) is 1.50. The van der Waals surface area contributed by atoms with Crippen molar-refractivity contribution >= 4 is 37.9 Å². The van der Waals surface area contributed by atoms with Crippen molar-refractivity contribution in [2.24, 2.45) is 0 Å². The summed E-state index contributed by atoms with van der Waals surface area (Å²) in [5.41, 5.74) is -1.41. The van der Waals surface area contributed by atoms with Gasteiger partial charge in [-0.1, -0.05) is 15.9 Å². The van der Waals surface area contributed by atoms with Gasteiger partial charge >= 0.3 is 11.4 Å². The summed E-state index contributed by atoms with van der Waals surface area (Å²) in [6.07, 6.45) is 4.18. The molecular formula is C10H8Br2N4O4. The topological polar surface area (TPSA) is 131 Å². The van der Waals surface area contributed by atoms with Crippen molar-refractivity contribution in [3.05, 3.63) is 69.1 Å². The number of hydrogen-bond acceptors (Lipinski definition) is 4. The van der Waals surface area contributed by atoms with E-state index in [9.17, 15) is 19.2 Å². The Morgan fingerprint density at radius 2 is 1.45 bits per heavy atom. The first-order chi connectivity index (χ1) is 9.43. The standard InChI is InChI=1S/C6H5BrN2O2.C4H3BrN2O2/c7-2-1-4-3-8-6(11)9-5(4)10;5-2-1-6-4(9)7-3(2)8/h1-3H,(H2,8,9,10,11);1H,(H2,6,7,8,9). The molecule has 0 aliphatic rings. The van der Waals surface area contributed by atoms with Crippen molar-refractivity contribution in [3.63, 3.8) is 0 Å². The molecule has 4 N–H and O–H groups in total. The van der Waals surface area contributed by atoms with Crippen LogP contribution in [0.4, 0.5) is 0 Å². The van der Waals surface area contributed by atoms with Crippen LogP contribution in [0.1, 0.15) is 5.56 Å². The Kier molecular flexibility index (Phi) is 6.12. The summed E-state index contributed by atoms with van der Waals surface area (Å²) in [7, 11) is 0. The Bertz CT molecular complexity index is 830. The van der Waals surface area contributed by atoms with Crippen LogP contribution in [0.5, 0.6) is 0 Å². The third kappa shape index (κ3) is 4.97. The summed E-state index contributed by atoms with van der Waals surface area (Å²) in [6, 6.07) is 0. The minimum atomic E-state index is -0.498. The summed E-state index contributed by atoms with van der Waals surface area (Å²) < 4.78 is 0.321. The molecule has 8 nitrogen and oxygen atoms in total. The SMILES string of the molecule is O=c1[nH]cc(Br)c(=O)[nH]1.O=c1[nH]cc(C=CBr)c(=O)[nH]1. The van der Waals surface area contributed by atoms with Crippen LogP contribution in [0.15, 0.2) is 41.0 Å². The molecule has 2 aromatic rings. The number of aromatic nitrogens is 4. The number of nitrogens with one attached hydrogen (secondary N) is 4. The van der Waals surface area contributed by atoms with Gasteiger partial charge in [0.2, 0.25) is 0 Å². The molecule has 0 aliphatic heterocycles. The van der Waals surface area contributed by atoms with Crippen molar-refractivity contribution in [2.75, 3.05) is 0 Å². The molecular weight excluding hydrogens is 400 g/mol. The molecule has 0 bridgehead atoms. The Balaban J connectivity index is 0.000000204. The predicted molar refractivity (Wildman–Crippen MR) is 81.0 cm³/mol. The molecule has 2 aromatic heterocycles. The van der Waals surface area contributed by atoms with E-state index in [0.29, 0.717) is 10.0 Å². The molecule has 0 spiro atoms. The fraction of sp³-hybridized carbons (Fsp3) is 0. The third-order valence-corrected chi connectivity index (χ3v) is 2.72. The van der Waals surface area contributed by atoms with E-state index < -0.39 is 22.5 Å². The number of H-pyrrole nitrogens is 4. The Hall–Kier alpha value is -1.94. The second-order valence-corrected chi connectivity index (χ2v) is 4.62. The third-order valence-electron chi connectivity index (χ3n) is 1.86. The van der Waals surface area contributed by atoms with Crippen LogP contribution in [-0.2, 0) is 0 Å². The summed E-state index contributed by atoms with van der Waals surface area (Å²) in [4.78, 5) is 52.5. The molecule has 20 heavy (non-hydrogen) atoms. The second-order valence-electron chi connectivity index (χ2n) is 3.24. The van der Waals surface area contributed by atoms with Crippen molar-refractivity contribution < 1.29 is 0 Å². The first kappa shape index (κ1) is 16.1. The van der Waals surface area contributed by atoms with Crippen LogP contribution in [0.25, 0.3) is 6.08 Å². The van der Waals surface area contributed by atoms with Crippen molar-refractivity contribution in [2.45, 2.75) is 0 Å². The molecule has 0 saturated carbocycles. The van der Waals surface area contributed by atoms with E-state index in [1.807, 2.05) is 4.98 Å². The lowest BCUT2D eigenvalue weighted by atomic mass is 10.3. The summed E-state index contributed by atoms with van der Waals surface area (Å²) in [5.74, 6) is 0. The molecule has 0 fully saturated rings.